The molecule has 0 spiro atoms. The Morgan fingerprint density at radius 1 is 1.32 bits per heavy atom. The Hall–Kier alpha value is -2.67. The van der Waals surface area contributed by atoms with Crippen molar-refractivity contribution in [2.45, 2.75) is 32.9 Å². The van der Waals surface area contributed by atoms with Crippen molar-refractivity contribution >= 4 is 17.0 Å². The number of esters is 1. The van der Waals surface area contributed by atoms with Crippen LogP contribution in [0, 0.1) is 0 Å². The van der Waals surface area contributed by atoms with Gasteiger partial charge in [-0.2, -0.15) is 5.10 Å². The summed E-state index contributed by atoms with van der Waals surface area (Å²) in [4.78, 5) is 19.8. The Morgan fingerprint density at radius 2 is 2.16 bits per heavy atom. The zero-order chi connectivity index (χ0) is 17.8. The fraction of sp³-hybridized carbons (Fsp3) is 0.389. The van der Waals surface area contributed by atoms with E-state index in [1.807, 2.05) is 24.5 Å². The van der Waals surface area contributed by atoms with Crippen molar-refractivity contribution in [1.82, 2.24) is 19.7 Å². The molecule has 7 nitrogen and oxygen atoms in total. The lowest BCUT2D eigenvalue weighted by atomic mass is 10.0. The second kappa shape index (κ2) is 7.48. The highest BCUT2D eigenvalue weighted by Crippen LogP contribution is 2.31. The zero-order valence-electron chi connectivity index (χ0n) is 14.7. The van der Waals surface area contributed by atoms with E-state index in [2.05, 4.69) is 22.0 Å². The van der Waals surface area contributed by atoms with Crippen LogP contribution in [0.1, 0.15) is 43.4 Å². The molecule has 0 saturated heterocycles. The van der Waals surface area contributed by atoms with Crippen molar-refractivity contribution in [3.05, 3.63) is 36.4 Å². The van der Waals surface area contributed by atoms with Crippen molar-refractivity contribution < 1.29 is 14.3 Å². The fourth-order valence-electron chi connectivity index (χ4n) is 2.89. The number of nitrogens with one attached hydrogen (secondary N) is 1. The minimum atomic E-state index is -0.442. The van der Waals surface area contributed by atoms with Gasteiger partial charge in [0.25, 0.3) is 0 Å². The number of pyridine rings is 1. The molecule has 1 N–H and O–H groups in total. The van der Waals surface area contributed by atoms with E-state index in [1.54, 1.807) is 24.9 Å². The normalized spacial score (nSPS) is 12.4. The smallest absolute Gasteiger partial charge is 0.359 e. The van der Waals surface area contributed by atoms with Gasteiger partial charge < -0.3 is 14.5 Å². The third-order valence-electron chi connectivity index (χ3n) is 4.05. The van der Waals surface area contributed by atoms with Gasteiger partial charge in [-0.3, -0.25) is 0 Å². The molecule has 132 valence electrons. The lowest BCUT2D eigenvalue weighted by Gasteiger charge is -2.14. The molecule has 3 heterocycles. The standard InChI is InChI=1S/C18H22N4O3/c1-4-6-15(24-3)22-11-14(16(21-22)18(23)25-5-2)12-7-9-19-17-13(12)8-10-20-17/h7-11,15H,4-6H2,1-3H3,(H,19,20). The Morgan fingerprint density at radius 3 is 2.88 bits per heavy atom. The van der Waals surface area contributed by atoms with Gasteiger partial charge in [-0.15, -0.1) is 0 Å². The number of hydrogen-bond acceptors (Lipinski definition) is 5. The molecule has 0 aliphatic heterocycles. The summed E-state index contributed by atoms with van der Waals surface area (Å²) in [6, 6.07) is 3.81. The summed E-state index contributed by atoms with van der Waals surface area (Å²) in [6.07, 6.45) is 6.90. The number of methoxy groups -OCH3 is 1. The van der Waals surface area contributed by atoms with Gasteiger partial charge in [-0.25, -0.2) is 14.5 Å². The van der Waals surface area contributed by atoms with Crippen LogP contribution in [0.4, 0.5) is 0 Å². The van der Waals surface area contributed by atoms with E-state index in [1.165, 1.54) is 0 Å². The molecule has 0 aliphatic rings. The van der Waals surface area contributed by atoms with E-state index in [0.717, 1.165) is 29.4 Å². The number of nitrogens with zero attached hydrogens (tertiary/aromatic N) is 3. The molecule has 1 atom stereocenters. The predicted octanol–water partition coefficient (Wildman–Crippen LogP) is 3.55. The maximum Gasteiger partial charge on any atom is 0.359 e. The number of ether oxygens (including phenoxy) is 2. The number of rotatable bonds is 7. The van der Waals surface area contributed by atoms with E-state index in [9.17, 15) is 4.79 Å². The number of aromatic amines is 1. The summed E-state index contributed by atoms with van der Waals surface area (Å²) in [5, 5.41) is 5.40. The van der Waals surface area contributed by atoms with Crippen molar-refractivity contribution in [3.8, 4) is 11.1 Å². The fourth-order valence-corrected chi connectivity index (χ4v) is 2.89. The lowest BCUT2D eigenvalue weighted by molar-refractivity contribution is 0.0253. The first-order chi connectivity index (χ1) is 12.2. The first-order valence-corrected chi connectivity index (χ1v) is 8.41. The monoisotopic (exact) mass is 342 g/mol. The first-order valence-electron chi connectivity index (χ1n) is 8.41. The minimum Gasteiger partial charge on any atom is -0.461 e. The summed E-state index contributed by atoms with van der Waals surface area (Å²) in [6.45, 7) is 4.15. The Bertz CT molecular complexity index is 868. The summed E-state index contributed by atoms with van der Waals surface area (Å²) >= 11 is 0. The number of carbonyl (C=O) groups excluding carboxylic acids is 1. The molecule has 0 bridgehead atoms. The molecule has 0 radical (unpaired) electrons. The highest BCUT2D eigenvalue weighted by atomic mass is 16.5. The van der Waals surface area contributed by atoms with Crippen LogP contribution in [0.3, 0.4) is 0 Å². The average Bonchev–Trinajstić information content (AvgIpc) is 3.26. The zero-order valence-corrected chi connectivity index (χ0v) is 14.7. The number of fused-ring (bicyclic) bond motifs is 1. The molecule has 0 aliphatic carbocycles. The number of H-pyrrole nitrogens is 1. The maximum atomic E-state index is 12.4. The van der Waals surface area contributed by atoms with Crippen molar-refractivity contribution in [1.29, 1.82) is 0 Å². The van der Waals surface area contributed by atoms with Crippen molar-refractivity contribution in [2.24, 2.45) is 0 Å². The predicted molar refractivity (Wildman–Crippen MR) is 94.2 cm³/mol. The van der Waals surface area contributed by atoms with Crippen LogP contribution in [0.2, 0.25) is 0 Å². The Labute approximate surface area is 146 Å². The molecule has 0 aromatic carbocycles. The summed E-state index contributed by atoms with van der Waals surface area (Å²) in [5.41, 5.74) is 2.64. The topological polar surface area (TPSA) is 82.0 Å². The van der Waals surface area contributed by atoms with Crippen molar-refractivity contribution in [2.75, 3.05) is 13.7 Å². The molecule has 1 unspecified atom stereocenters. The van der Waals surface area contributed by atoms with Crippen LogP contribution < -0.4 is 0 Å². The van der Waals surface area contributed by atoms with E-state index < -0.39 is 5.97 Å². The molecule has 0 fully saturated rings. The molecule has 3 aromatic rings. The van der Waals surface area contributed by atoms with Crippen LogP contribution in [0.15, 0.2) is 30.7 Å². The van der Waals surface area contributed by atoms with Crippen LogP contribution in [0.5, 0.6) is 0 Å². The van der Waals surface area contributed by atoms with Crippen LogP contribution in [0.25, 0.3) is 22.2 Å². The second-order valence-electron chi connectivity index (χ2n) is 5.67. The molecule has 3 rings (SSSR count). The van der Waals surface area contributed by atoms with Gasteiger partial charge in [0.2, 0.25) is 0 Å². The highest BCUT2D eigenvalue weighted by molar-refractivity contribution is 6.01. The summed E-state index contributed by atoms with van der Waals surface area (Å²) in [7, 11) is 1.64. The lowest BCUT2D eigenvalue weighted by Crippen LogP contribution is -2.13. The SMILES string of the molecule is CCCC(OC)n1cc(-c2ccnc3[nH]ccc23)c(C(=O)OCC)n1. The summed E-state index contributed by atoms with van der Waals surface area (Å²) in [5.74, 6) is -0.442. The van der Waals surface area contributed by atoms with Crippen LogP contribution in [-0.2, 0) is 9.47 Å². The van der Waals surface area contributed by atoms with Crippen LogP contribution >= 0.6 is 0 Å². The van der Waals surface area contributed by atoms with Gasteiger partial charge in [-0.05, 0) is 31.0 Å². The highest BCUT2D eigenvalue weighted by Gasteiger charge is 2.23. The molecule has 25 heavy (non-hydrogen) atoms. The van der Waals surface area contributed by atoms with E-state index in [4.69, 9.17) is 9.47 Å². The van der Waals surface area contributed by atoms with Crippen molar-refractivity contribution in [3.63, 3.8) is 0 Å². The van der Waals surface area contributed by atoms with Gasteiger partial charge in [0.15, 0.2) is 5.69 Å². The maximum absolute atomic E-state index is 12.4. The number of aromatic nitrogens is 4. The van der Waals surface area contributed by atoms with Gasteiger partial charge >= 0.3 is 5.97 Å². The summed E-state index contributed by atoms with van der Waals surface area (Å²) < 4.78 is 12.4. The van der Waals surface area contributed by atoms with Gasteiger partial charge in [0.05, 0.1) is 6.61 Å². The Kier molecular flexibility index (Phi) is 5.14. The second-order valence-corrected chi connectivity index (χ2v) is 5.67. The van der Waals surface area contributed by atoms with E-state index in [0.29, 0.717) is 12.2 Å². The first kappa shape index (κ1) is 17.2. The Balaban J connectivity index is 2.15. The quantitative estimate of drug-likeness (QED) is 0.664. The average molecular weight is 342 g/mol. The molecule has 3 aromatic heterocycles. The molecule has 0 amide bonds. The van der Waals surface area contributed by atoms with Gasteiger partial charge in [0.1, 0.15) is 11.9 Å². The van der Waals surface area contributed by atoms with E-state index >= 15 is 0 Å². The van der Waals surface area contributed by atoms with E-state index in [-0.39, 0.29) is 11.9 Å². The van der Waals surface area contributed by atoms with Crippen LogP contribution in [-0.4, -0.2) is 39.4 Å². The minimum absolute atomic E-state index is 0.226. The largest absolute Gasteiger partial charge is 0.461 e. The molecule has 7 heteroatoms. The third kappa shape index (κ3) is 3.28. The molecule has 0 saturated carbocycles. The van der Waals surface area contributed by atoms with Gasteiger partial charge in [-0.1, -0.05) is 13.3 Å². The molecular formula is C18H22N4O3. The number of hydrogen-bond donors (Lipinski definition) is 1. The number of carbonyl (C=O) groups is 1. The molecular weight excluding hydrogens is 320 g/mol. The van der Waals surface area contributed by atoms with Gasteiger partial charge in [0, 0.05) is 36.7 Å². The third-order valence-corrected chi connectivity index (χ3v) is 4.05.